The molecule has 15 heavy (non-hydrogen) atoms. The highest BCUT2D eigenvalue weighted by Crippen LogP contribution is 2.42. The van der Waals surface area contributed by atoms with E-state index in [2.05, 4.69) is 27.7 Å². The van der Waals surface area contributed by atoms with E-state index in [1.165, 1.54) is 51.4 Å². The number of unbranched alkanes of at least 4 members (excludes halogenated alkanes) is 2. The van der Waals surface area contributed by atoms with Crippen molar-refractivity contribution in [3.63, 3.8) is 0 Å². The quantitative estimate of drug-likeness (QED) is 0.499. The molecule has 0 saturated heterocycles. The van der Waals surface area contributed by atoms with E-state index in [0.717, 1.165) is 0 Å². The molecular formula is C14H30S. The van der Waals surface area contributed by atoms with E-state index in [-0.39, 0.29) is 0 Å². The number of rotatable bonds is 9. The summed E-state index contributed by atoms with van der Waals surface area (Å²) in [5.41, 5.74) is 0.518. The first kappa shape index (κ1) is 15.3. The molecule has 1 heteroatoms. The van der Waals surface area contributed by atoms with Crippen molar-refractivity contribution in [2.24, 2.45) is 5.41 Å². The van der Waals surface area contributed by atoms with Gasteiger partial charge in [-0.2, -0.15) is 12.6 Å². The molecule has 0 aromatic heterocycles. The second-order valence-electron chi connectivity index (χ2n) is 4.85. The fourth-order valence-electron chi connectivity index (χ4n) is 2.54. The fourth-order valence-corrected chi connectivity index (χ4v) is 2.98. The zero-order valence-electron chi connectivity index (χ0n) is 11.2. The second-order valence-corrected chi connectivity index (χ2v) is 5.47. The summed E-state index contributed by atoms with van der Waals surface area (Å²) >= 11 is 4.84. The number of hydrogen-bond donors (Lipinski definition) is 1. The zero-order valence-corrected chi connectivity index (χ0v) is 12.1. The molecule has 1 atom stereocenters. The molecule has 0 N–H and O–H groups in total. The predicted octanol–water partition coefficient (Wildman–Crippen LogP) is 5.47. The summed E-state index contributed by atoms with van der Waals surface area (Å²) in [6.45, 7) is 9.21. The van der Waals surface area contributed by atoms with Crippen molar-refractivity contribution < 1.29 is 0 Å². The lowest BCUT2D eigenvalue weighted by Crippen LogP contribution is -2.30. The molecule has 0 fully saturated rings. The van der Waals surface area contributed by atoms with Gasteiger partial charge in [-0.3, -0.25) is 0 Å². The molecule has 0 heterocycles. The van der Waals surface area contributed by atoms with Crippen LogP contribution in [0.5, 0.6) is 0 Å². The van der Waals surface area contributed by atoms with E-state index in [4.69, 9.17) is 12.6 Å². The van der Waals surface area contributed by atoms with Crippen LogP contribution < -0.4 is 0 Å². The second kappa shape index (κ2) is 8.50. The Balaban J connectivity index is 4.43. The minimum atomic E-state index is 0.518. The first-order valence-electron chi connectivity index (χ1n) is 6.84. The van der Waals surface area contributed by atoms with Gasteiger partial charge < -0.3 is 0 Å². The molecule has 0 aromatic rings. The van der Waals surface area contributed by atoms with Gasteiger partial charge >= 0.3 is 0 Å². The summed E-state index contributed by atoms with van der Waals surface area (Å²) in [5, 5.41) is 0.598. The molecule has 1 unspecified atom stereocenters. The Labute approximate surface area is 103 Å². The van der Waals surface area contributed by atoms with Gasteiger partial charge in [-0.05, 0) is 31.1 Å². The summed E-state index contributed by atoms with van der Waals surface area (Å²) in [4.78, 5) is 0. The van der Waals surface area contributed by atoms with E-state index >= 15 is 0 Å². The van der Waals surface area contributed by atoms with Gasteiger partial charge in [0.05, 0.1) is 0 Å². The number of hydrogen-bond acceptors (Lipinski definition) is 1. The van der Waals surface area contributed by atoms with Gasteiger partial charge in [-0.1, -0.05) is 53.4 Å². The van der Waals surface area contributed by atoms with Gasteiger partial charge in [0.15, 0.2) is 0 Å². The topological polar surface area (TPSA) is 0 Å². The van der Waals surface area contributed by atoms with Gasteiger partial charge in [0.2, 0.25) is 0 Å². The summed E-state index contributed by atoms with van der Waals surface area (Å²) < 4.78 is 0. The van der Waals surface area contributed by atoms with Crippen LogP contribution in [-0.2, 0) is 0 Å². The van der Waals surface area contributed by atoms with Crippen LogP contribution in [-0.4, -0.2) is 5.25 Å². The summed E-state index contributed by atoms with van der Waals surface area (Å²) in [5.74, 6) is 0. The van der Waals surface area contributed by atoms with Crippen LogP contribution in [0, 0.1) is 5.41 Å². The third kappa shape index (κ3) is 4.80. The summed E-state index contributed by atoms with van der Waals surface area (Å²) in [6.07, 6.45) is 10.6. The van der Waals surface area contributed by atoms with Crippen molar-refractivity contribution in [2.75, 3.05) is 0 Å². The monoisotopic (exact) mass is 230 g/mol. The van der Waals surface area contributed by atoms with Crippen molar-refractivity contribution >= 4 is 12.6 Å². The van der Waals surface area contributed by atoms with Crippen molar-refractivity contribution in [3.05, 3.63) is 0 Å². The normalized spacial score (nSPS) is 14.2. The Morgan fingerprint density at radius 2 is 1.40 bits per heavy atom. The highest BCUT2D eigenvalue weighted by atomic mass is 32.1. The van der Waals surface area contributed by atoms with E-state index in [1.807, 2.05) is 0 Å². The highest BCUT2D eigenvalue weighted by Gasteiger charge is 2.32. The van der Waals surface area contributed by atoms with Crippen LogP contribution >= 0.6 is 12.6 Å². The number of thiol groups is 1. The van der Waals surface area contributed by atoms with Crippen LogP contribution in [0.4, 0.5) is 0 Å². The molecule has 0 saturated carbocycles. The summed E-state index contributed by atoms with van der Waals surface area (Å²) in [7, 11) is 0. The van der Waals surface area contributed by atoms with Crippen molar-refractivity contribution in [1.82, 2.24) is 0 Å². The van der Waals surface area contributed by atoms with Crippen molar-refractivity contribution in [2.45, 2.75) is 84.3 Å². The minimum Gasteiger partial charge on any atom is -0.175 e. The Morgan fingerprint density at radius 3 is 1.67 bits per heavy atom. The Kier molecular flexibility index (Phi) is 8.69. The molecule has 0 rings (SSSR count). The van der Waals surface area contributed by atoms with Gasteiger partial charge in [0.1, 0.15) is 0 Å². The average Bonchev–Trinajstić information content (AvgIpc) is 2.29. The molecule has 0 radical (unpaired) electrons. The molecular weight excluding hydrogens is 200 g/mol. The minimum absolute atomic E-state index is 0.518. The van der Waals surface area contributed by atoms with Crippen LogP contribution in [0.25, 0.3) is 0 Å². The lowest BCUT2D eigenvalue weighted by molar-refractivity contribution is 0.205. The molecule has 0 nitrogen and oxygen atoms in total. The van der Waals surface area contributed by atoms with E-state index < -0.39 is 0 Å². The SMILES string of the molecule is CCCCC(CC)(CCCC)C(S)CC. The van der Waals surface area contributed by atoms with E-state index in [0.29, 0.717) is 10.7 Å². The van der Waals surface area contributed by atoms with E-state index in [9.17, 15) is 0 Å². The van der Waals surface area contributed by atoms with Gasteiger partial charge in [-0.25, -0.2) is 0 Å². The third-order valence-electron chi connectivity index (χ3n) is 3.85. The molecule has 0 aliphatic carbocycles. The first-order chi connectivity index (χ1) is 7.16. The maximum absolute atomic E-state index is 4.84. The largest absolute Gasteiger partial charge is 0.175 e. The zero-order chi connectivity index (χ0) is 11.7. The molecule has 0 bridgehead atoms. The van der Waals surface area contributed by atoms with Crippen molar-refractivity contribution in [1.29, 1.82) is 0 Å². The van der Waals surface area contributed by atoms with Crippen LogP contribution in [0.2, 0.25) is 0 Å². The molecule has 0 amide bonds. The Hall–Kier alpha value is 0.350. The van der Waals surface area contributed by atoms with Crippen molar-refractivity contribution in [3.8, 4) is 0 Å². The average molecular weight is 230 g/mol. The van der Waals surface area contributed by atoms with E-state index in [1.54, 1.807) is 0 Å². The standard InChI is InChI=1S/C14H30S/c1-5-9-11-14(8-4,12-10-6-2)13(15)7-3/h13,15H,5-12H2,1-4H3. The molecule has 0 aromatic carbocycles. The lowest BCUT2D eigenvalue weighted by atomic mass is 9.72. The third-order valence-corrected chi connectivity index (χ3v) is 4.77. The predicted molar refractivity (Wildman–Crippen MR) is 74.8 cm³/mol. The first-order valence-corrected chi connectivity index (χ1v) is 7.36. The maximum atomic E-state index is 4.84. The van der Waals surface area contributed by atoms with Gasteiger partial charge in [-0.15, -0.1) is 0 Å². The fraction of sp³-hybridized carbons (Fsp3) is 1.00. The lowest BCUT2D eigenvalue weighted by Gasteiger charge is -2.38. The molecule has 0 spiro atoms. The molecule has 92 valence electrons. The van der Waals surface area contributed by atoms with Crippen LogP contribution in [0.15, 0.2) is 0 Å². The molecule has 0 aliphatic heterocycles. The Bertz CT molecular complexity index is 134. The van der Waals surface area contributed by atoms with Gasteiger partial charge in [0.25, 0.3) is 0 Å². The maximum Gasteiger partial charge on any atom is 0.00705 e. The smallest absolute Gasteiger partial charge is 0.00705 e. The summed E-state index contributed by atoms with van der Waals surface area (Å²) in [6, 6.07) is 0. The molecule has 0 aliphatic rings. The van der Waals surface area contributed by atoms with Crippen LogP contribution in [0.3, 0.4) is 0 Å². The van der Waals surface area contributed by atoms with Gasteiger partial charge in [0, 0.05) is 5.25 Å². The Morgan fingerprint density at radius 1 is 0.933 bits per heavy atom. The highest BCUT2D eigenvalue weighted by molar-refractivity contribution is 7.81. The van der Waals surface area contributed by atoms with Crippen LogP contribution in [0.1, 0.15) is 79.1 Å².